The quantitative estimate of drug-likeness (QED) is 0.732. The van der Waals surface area contributed by atoms with Crippen LogP contribution >= 0.6 is 0 Å². The summed E-state index contributed by atoms with van der Waals surface area (Å²) in [6.07, 6.45) is 4.91. The van der Waals surface area contributed by atoms with Gasteiger partial charge in [-0.1, -0.05) is 12.1 Å². The highest BCUT2D eigenvalue weighted by Gasteiger charge is 2.11. The molecular weight excluding hydrogens is 194 g/mol. The van der Waals surface area contributed by atoms with Crippen LogP contribution in [0.3, 0.4) is 0 Å². The molecule has 1 aliphatic heterocycles. The summed E-state index contributed by atoms with van der Waals surface area (Å²) < 4.78 is 0. The van der Waals surface area contributed by atoms with Crippen molar-refractivity contribution in [2.75, 3.05) is 13.1 Å². The Balaban J connectivity index is 2.09. The molecule has 1 aromatic rings. The van der Waals surface area contributed by atoms with Gasteiger partial charge in [0.25, 0.3) is 0 Å². The summed E-state index contributed by atoms with van der Waals surface area (Å²) in [4.78, 5) is 2.56. The molecule has 2 rings (SSSR count). The van der Waals surface area contributed by atoms with Crippen molar-refractivity contribution < 1.29 is 0 Å². The average Bonchev–Trinajstić information content (AvgIpc) is 2.27. The zero-order chi connectivity index (χ0) is 11.5. The van der Waals surface area contributed by atoms with E-state index in [1.807, 2.05) is 0 Å². The van der Waals surface area contributed by atoms with E-state index in [9.17, 15) is 0 Å². The number of aryl methyl sites for hydroxylation is 2. The van der Waals surface area contributed by atoms with Crippen LogP contribution in [0, 0.1) is 27.2 Å². The predicted molar refractivity (Wildman–Crippen MR) is 69.5 cm³/mol. The van der Waals surface area contributed by atoms with Gasteiger partial charge in [-0.25, -0.2) is 0 Å². The number of likely N-dealkylation sites (tertiary alicyclic amines) is 1. The molecule has 1 saturated heterocycles. The Kier molecular flexibility index (Phi) is 3.65. The topological polar surface area (TPSA) is 3.24 Å². The lowest BCUT2D eigenvalue weighted by Crippen LogP contribution is -2.29. The standard InChI is InChI=1S/C15H22N/c1-12-9-15(10-13(2)14(12)3)11-16-7-5-4-6-8-16/h4,9-10H,5-8,11H2,1-3H3. The second-order valence-corrected chi connectivity index (χ2v) is 5.00. The van der Waals surface area contributed by atoms with Crippen molar-refractivity contribution in [3.05, 3.63) is 40.8 Å². The lowest BCUT2D eigenvalue weighted by molar-refractivity contribution is 0.246. The van der Waals surface area contributed by atoms with E-state index < -0.39 is 0 Å². The highest BCUT2D eigenvalue weighted by atomic mass is 15.1. The maximum Gasteiger partial charge on any atom is 0.0233 e. The van der Waals surface area contributed by atoms with E-state index in [1.165, 1.54) is 48.2 Å². The first kappa shape index (κ1) is 11.7. The Hall–Kier alpha value is -0.820. The molecule has 1 nitrogen and oxygen atoms in total. The van der Waals surface area contributed by atoms with E-state index in [1.54, 1.807) is 0 Å². The fourth-order valence-corrected chi connectivity index (χ4v) is 2.44. The van der Waals surface area contributed by atoms with Crippen LogP contribution in [-0.2, 0) is 6.54 Å². The Labute approximate surface area is 99.5 Å². The van der Waals surface area contributed by atoms with E-state index >= 15 is 0 Å². The van der Waals surface area contributed by atoms with Crippen LogP contribution in [-0.4, -0.2) is 18.0 Å². The first-order chi connectivity index (χ1) is 7.66. The number of rotatable bonds is 2. The van der Waals surface area contributed by atoms with E-state index in [2.05, 4.69) is 44.2 Å². The van der Waals surface area contributed by atoms with Crippen molar-refractivity contribution in [1.29, 1.82) is 0 Å². The number of piperidine rings is 1. The van der Waals surface area contributed by atoms with Crippen molar-refractivity contribution in [1.82, 2.24) is 4.90 Å². The van der Waals surface area contributed by atoms with Gasteiger partial charge in [0.2, 0.25) is 0 Å². The molecule has 1 radical (unpaired) electrons. The van der Waals surface area contributed by atoms with Crippen molar-refractivity contribution in [2.24, 2.45) is 0 Å². The van der Waals surface area contributed by atoms with Crippen molar-refractivity contribution in [2.45, 2.75) is 40.2 Å². The number of benzene rings is 1. The van der Waals surface area contributed by atoms with Gasteiger partial charge >= 0.3 is 0 Å². The number of nitrogens with zero attached hydrogens (tertiary/aromatic N) is 1. The van der Waals surface area contributed by atoms with E-state index in [4.69, 9.17) is 0 Å². The number of hydrogen-bond donors (Lipinski definition) is 0. The Morgan fingerprint density at radius 1 is 1.00 bits per heavy atom. The van der Waals surface area contributed by atoms with Gasteiger partial charge in [0.05, 0.1) is 0 Å². The van der Waals surface area contributed by atoms with Crippen LogP contribution in [0.15, 0.2) is 12.1 Å². The normalized spacial score (nSPS) is 17.7. The lowest BCUT2D eigenvalue weighted by atomic mass is 10.00. The zero-order valence-electron chi connectivity index (χ0n) is 10.7. The third-order valence-electron chi connectivity index (χ3n) is 3.69. The predicted octanol–water partition coefficient (Wildman–Crippen LogP) is 3.41. The highest BCUT2D eigenvalue weighted by Crippen LogP contribution is 2.18. The summed E-state index contributed by atoms with van der Waals surface area (Å²) in [7, 11) is 0. The maximum atomic E-state index is 2.56. The van der Waals surface area contributed by atoms with Gasteiger partial charge in [0, 0.05) is 6.54 Å². The molecule has 0 spiro atoms. The fourth-order valence-electron chi connectivity index (χ4n) is 2.44. The minimum atomic E-state index is 1.12. The van der Waals surface area contributed by atoms with E-state index in [0.717, 1.165) is 6.54 Å². The molecule has 0 amide bonds. The van der Waals surface area contributed by atoms with Crippen LogP contribution in [0.2, 0.25) is 0 Å². The molecule has 0 atom stereocenters. The molecule has 1 aliphatic rings. The van der Waals surface area contributed by atoms with Gasteiger partial charge in [-0.3, -0.25) is 4.90 Å². The molecule has 0 aromatic heterocycles. The lowest BCUT2D eigenvalue weighted by Gasteiger charge is -2.26. The Morgan fingerprint density at radius 2 is 1.56 bits per heavy atom. The molecular formula is C15H22N. The Morgan fingerprint density at radius 3 is 2.12 bits per heavy atom. The summed E-state index contributed by atoms with van der Waals surface area (Å²) in [5.74, 6) is 0. The summed E-state index contributed by atoms with van der Waals surface area (Å²) >= 11 is 0. The smallest absolute Gasteiger partial charge is 0.0233 e. The average molecular weight is 216 g/mol. The van der Waals surface area contributed by atoms with Gasteiger partial charge < -0.3 is 0 Å². The van der Waals surface area contributed by atoms with Crippen molar-refractivity contribution in [3.8, 4) is 0 Å². The van der Waals surface area contributed by atoms with Crippen LogP contribution < -0.4 is 0 Å². The summed E-state index contributed by atoms with van der Waals surface area (Å²) in [5, 5.41) is 0. The molecule has 1 heteroatoms. The molecule has 0 aliphatic carbocycles. The fraction of sp³-hybridized carbons (Fsp3) is 0.533. The molecule has 1 aromatic carbocycles. The largest absolute Gasteiger partial charge is 0.299 e. The molecule has 1 heterocycles. The minimum Gasteiger partial charge on any atom is -0.299 e. The molecule has 1 fully saturated rings. The van der Waals surface area contributed by atoms with Gasteiger partial charge in [0.15, 0.2) is 0 Å². The molecule has 16 heavy (non-hydrogen) atoms. The minimum absolute atomic E-state index is 1.12. The van der Waals surface area contributed by atoms with Gasteiger partial charge in [-0.05, 0) is 75.4 Å². The maximum absolute atomic E-state index is 2.56. The van der Waals surface area contributed by atoms with Crippen molar-refractivity contribution >= 4 is 0 Å². The SMILES string of the molecule is Cc1cc(CN2CC[CH]CC2)cc(C)c1C. The van der Waals surface area contributed by atoms with Crippen molar-refractivity contribution in [3.63, 3.8) is 0 Å². The third-order valence-corrected chi connectivity index (χ3v) is 3.69. The van der Waals surface area contributed by atoms with Crippen LogP contribution in [0.5, 0.6) is 0 Å². The molecule has 0 N–H and O–H groups in total. The zero-order valence-corrected chi connectivity index (χ0v) is 10.7. The van der Waals surface area contributed by atoms with Crippen LogP contribution in [0.4, 0.5) is 0 Å². The summed E-state index contributed by atoms with van der Waals surface area (Å²) in [5.41, 5.74) is 5.77. The second-order valence-electron chi connectivity index (χ2n) is 5.00. The van der Waals surface area contributed by atoms with Gasteiger partial charge in [-0.2, -0.15) is 0 Å². The monoisotopic (exact) mass is 216 g/mol. The summed E-state index contributed by atoms with van der Waals surface area (Å²) in [6, 6.07) is 4.70. The highest BCUT2D eigenvalue weighted by molar-refractivity contribution is 5.36. The number of hydrogen-bond acceptors (Lipinski definition) is 1. The molecule has 0 bridgehead atoms. The first-order valence-corrected chi connectivity index (χ1v) is 6.27. The van der Waals surface area contributed by atoms with E-state index in [0.29, 0.717) is 0 Å². The first-order valence-electron chi connectivity index (χ1n) is 6.27. The van der Waals surface area contributed by atoms with Crippen LogP contribution in [0.25, 0.3) is 0 Å². The Bertz CT molecular complexity index is 339. The van der Waals surface area contributed by atoms with Crippen LogP contribution in [0.1, 0.15) is 35.1 Å². The van der Waals surface area contributed by atoms with Gasteiger partial charge in [-0.15, -0.1) is 0 Å². The molecule has 0 unspecified atom stereocenters. The molecule has 87 valence electrons. The molecule has 0 saturated carbocycles. The van der Waals surface area contributed by atoms with Gasteiger partial charge in [0.1, 0.15) is 0 Å². The van der Waals surface area contributed by atoms with E-state index in [-0.39, 0.29) is 0 Å². The summed E-state index contributed by atoms with van der Waals surface area (Å²) in [6.45, 7) is 10.2. The third kappa shape index (κ3) is 2.65. The second kappa shape index (κ2) is 5.01.